The van der Waals surface area contributed by atoms with E-state index in [9.17, 15) is 17.6 Å². The summed E-state index contributed by atoms with van der Waals surface area (Å²) in [6.45, 7) is 3.04. The summed E-state index contributed by atoms with van der Waals surface area (Å²) in [5.74, 6) is 0.123. The van der Waals surface area contributed by atoms with E-state index in [2.05, 4.69) is 15.3 Å². The standard InChI is InChI=1S/C24H26FN5O4S/c1-16-22(30(28-27-16)20-5-3-19(25)4-6-20)15-34-23-7-2-18-14-29(11-8-21(18)26-23)24(31)17-9-12-35(32,33)13-10-17/h2-7,17H,8-15H2,1H3. The number of pyridine rings is 1. The van der Waals surface area contributed by atoms with E-state index < -0.39 is 9.84 Å². The van der Waals surface area contributed by atoms with Gasteiger partial charge in [0, 0.05) is 31.5 Å². The fourth-order valence-electron chi connectivity index (χ4n) is 4.53. The molecule has 3 aromatic rings. The fourth-order valence-corrected chi connectivity index (χ4v) is 6.03. The molecule has 9 nitrogen and oxygen atoms in total. The average molecular weight is 500 g/mol. The van der Waals surface area contributed by atoms with Gasteiger partial charge in [-0.3, -0.25) is 4.79 Å². The lowest BCUT2D eigenvalue weighted by atomic mass is 9.98. The van der Waals surface area contributed by atoms with E-state index in [1.165, 1.54) is 12.1 Å². The van der Waals surface area contributed by atoms with E-state index >= 15 is 0 Å². The predicted molar refractivity (Wildman–Crippen MR) is 125 cm³/mol. The minimum atomic E-state index is -3.00. The Morgan fingerprint density at radius 1 is 1.14 bits per heavy atom. The second-order valence-electron chi connectivity index (χ2n) is 8.99. The number of fused-ring (bicyclic) bond motifs is 1. The molecular formula is C24H26FN5O4S. The number of rotatable bonds is 5. The number of carbonyl (C=O) groups is 1. The molecule has 2 aliphatic rings. The Hall–Kier alpha value is -3.34. The van der Waals surface area contributed by atoms with Gasteiger partial charge in [-0.15, -0.1) is 5.10 Å². The number of aromatic nitrogens is 4. The lowest BCUT2D eigenvalue weighted by molar-refractivity contribution is -0.136. The van der Waals surface area contributed by atoms with Crippen molar-refractivity contribution in [2.24, 2.45) is 5.92 Å². The number of ether oxygens (including phenoxy) is 1. The van der Waals surface area contributed by atoms with Gasteiger partial charge in [0.1, 0.15) is 28.0 Å². The predicted octanol–water partition coefficient (Wildman–Crippen LogP) is 2.40. The van der Waals surface area contributed by atoms with Crippen LogP contribution in [0.25, 0.3) is 5.69 Å². The maximum atomic E-state index is 13.3. The highest BCUT2D eigenvalue weighted by molar-refractivity contribution is 7.91. The molecule has 1 amide bonds. The molecule has 5 rings (SSSR count). The second-order valence-corrected chi connectivity index (χ2v) is 11.3. The van der Waals surface area contributed by atoms with Gasteiger partial charge in [0.05, 0.1) is 28.6 Å². The zero-order valence-electron chi connectivity index (χ0n) is 19.4. The summed E-state index contributed by atoms with van der Waals surface area (Å²) in [4.78, 5) is 19.4. The van der Waals surface area contributed by atoms with Crippen LogP contribution in [-0.2, 0) is 34.2 Å². The topological polar surface area (TPSA) is 107 Å². The molecule has 0 unspecified atom stereocenters. The largest absolute Gasteiger partial charge is 0.471 e. The first-order chi connectivity index (χ1) is 16.8. The monoisotopic (exact) mass is 499 g/mol. The summed E-state index contributed by atoms with van der Waals surface area (Å²) in [6, 6.07) is 9.69. The Kier molecular flexibility index (Phi) is 6.26. The maximum Gasteiger partial charge on any atom is 0.226 e. The molecule has 2 aliphatic heterocycles. The van der Waals surface area contributed by atoms with Crippen LogP contribution in [0.15, 0.2) is 36.4 Å². The SMILES string of the molecule is Cc1nnn(-c2ccc(F)cc2)c1COc1ccc2c(n1)CCN(C(=O)C1CCS(=O)(=O)CC1)C2. The van der Waals surface area contributed by atoms with E-state index in [-0.39, 0.29) is 35.8 Å². The van der Waals surface area contributed by atoms with Crippen LogP contribution in [-0.4, -0.2) is 57.3 Å². The van der Waals surface area contributed by atoms with E-state index in [0.29, 0.717) is 49.6 Å². The lowest BCUT2D eigenvalue weighted by Gasteiger charge is -2.32. The molecule has 1 aromatic carbocycles. The normalized spacial score (nSPS) is 17.7. The number of hydrogen-bond donors (Lipinski definition) is 0. The Morgan fingerprint density at radius 3 is 2.63 bits per heavy atom. The lowest BCUT2D eigenvalue weighted by Crippen LogP contribution is -2.42. The number of nitrogens with zero attached hydrogens (tertiary/aromatic N) is 5. The molecule has 11 heteroatoms. The van der Waals surface area contributed by atoms with Crippen LogP contribution in [0.2, 0.25) is 0 Å². The van der Waals surface area contributed by atoms with Crippen LogP contribution in [0.3, 0.4) is 0 Å². The molecule has 184 valence electrons. The minimum Gasteiger partial charge on any atom is -0.471 e. The minimum absolute atomic E-state index is 0.0305. The van der Waals surface area contributed by atoms with E-state index in [1.807, 2.05) is 17.9 Å². The highest BCUT2D eigenvalue weighted by Crippen LogP contribution is 2.26. The van der Waals surface area contributed by atoms with Crippen LogP contribution >= 0.6 is 0 Å². The van der Waals surface area contributed by atoms with E-state index in [1.54, 1.807) is 22.9 Å². The Morgan fingerprint density at radius 2 is 1.89 bits per heavy atom. The van der Waals surface area contributed by atoms with Gasteiger partial charge in [-0.2, -0.15) is 0 Å². The molecule has 0 radical (unpaired) electrons. The van der Waals surface area contributed by atoms with Gasteiger partial charge >= 0.3 is 0 Å². The molecule has 0 aliphatic carbocycles. The van der Waals surface area contributed by atoms with Crippen molar-refractivity contribution in [3.05, 3.63) is 64.9 Å². The van der Waals surface area contributed by atoms with E-state index in [4.69, 9.17) is 4.74 Å². The molecule has 0 spiro atoms. The third kappa shape index (κ3) is 5.04. The van der Waals surface area contributed by atoms with Gasteiger partial charge in [-0.1, -0.05) is 11.3 Å². The molecule has 0 bridgehead atoms. The number of aryl methyl sites for hydroxylation is 1. The quantitative estimate of drug-likeness (QED) is 0.531. The molecule has 2 aromatic heterocycles. The van der Waals surface area contributed by atoms with Gasteiger partial charge in [0.2, 0.25) is 11.8 Å². The van der Waals surface area contributed by atoms with Crippen LogP contribution in [0.1, 0.15) is 35.5 Å². The zero-order chi connectivity index (χ0) is 24.6. The summed E-state index contributed by atoms with van der Waals surface area (Å²) >= 11 is 0. The second kappa shape index (κ2) is 9.37. The van der Waals surface area contributed by atoms with Crippen LogP contribution in [0, 0.1) is 18.7 Å². The third-order valence-electron chi connectivity index (χ3n) is 6.62. The number of carbonyl (C=O) groups excluding carboxylic acids is 1. The Bertz CT molecular complexity index is 1340. The third-order valence-corrected chi connectivity index (χ3v) is 8.34. The Labute approximate surface area is 202 Å². The van der Waals surface area contributed by atoms with Crippen molar-refractivity contribution < 1.29 is 22.3 Å². The summed E-state index contributed by atoms with van der Waals surface area (Å²) in [7, 11) is -3.00. The summed E-state index contributed by atoms with van der Waals surface area (Å²) in [5, 5.41) is 8.26. The van der Waals surface area contributed by atoms with Gasteiger partial charge in [0.25, 0.3) is 0 Å². The first-order valence-electron chi connectivity index (χ1n) is 11.6. The maximum absolute atomic E-state index is 13.3. The number of amides is 1. The molecule has 0 atom stereocenters. The molecule has 0 N–H and O–H groups in total. The molecule has 1 saturated heterocycles. The first-order valence-corrected chi connectivity index (χ1v) is 13.4. The molecule has 35 heavy (non-hydrogen) atoms. The van der Waals surface area contributed by atoms with Gasteiger partial charge in [-0.25, -0.2) is 22.5 Å². The summed E-state index contributed by atoms with van der Waals surface area (Å²) in [5.41, 5.74) is 3.98. The van der Waals surface area contributed by atoms with Gasteiger partial charge in [-0.05, 0) is 49.6 Å². The molecular weight excluding hydrogens is 473 g/mol. The number of hydrogen-bond acceptors (Lipinski definition) is 7. The van der Waals surface area contributed by atoms with Crippen molar-refractivity contribution in [3.63, 3.8) is 0 Å². The van der Waals surface area contributed by atoms with Crippen molar-refractivity contribution in [2.45, 2.75) is 39.3 Å². The van der Waals surface area contributed by atoms with Crippen molar-refractivity contribution in [1.29, 1.82) is 0 Å². The fraction of sp³-hybridized carbons (Fsp3) is 0.417. The highest BCUT2D eigenvalue weighted by atomic mass is 32.2. The number of sulfone groups is 1. The van der Waals surface area contributed by atoms with Crippen LogP contribution in [0.4, 0.5) is 4.39 Å². The van der Waals surface area contributed by atoms with Crippen molar-refractivity contribution in [2.75, 3.05) is 18.1 Å². The summed E-state index contributed by atoms with van der Waals surface area (Å²) in [6.07, 6.45) is 1.41. The van der Waals surface area contributed by atoms with Gasteiger partial charge in [0.15, 0.2) is 0 Å². The number of benzene rings is 1. The van der Waals surface area contributed by atoms with Crippen LogP contribution in [0.5, 0.6) is 5.88 Å². The van der Waals surface area contributed by atoms with Crippen molar-refractivity contribution in [3.8, 4) is 11.6 Å². The summed E-state index contributed by atoms with van der Waals surface area (Å²) < 4.78 is 44.2. The van der Waals surface area contributed by atoms with Crippen molar-refractivity contribution >= 4 is 15.7 Å². The van der Waals surface area contributed by atoms with Gasteiger partial charge < -0.3 is 9.64 Å². The molecule has 1 fully saturated rings. The molecule has 0 saturated carbocycles. The zero-order valence-corrected chi connectivity index (χ0v) is 20.2. The van der Waals surface area contributed by atoms with Crippen LogP contribution < -0.4 is 4.74 Å². The number of halogens is 1. The van der Waals surface area contributed by atoms with E-state index in [0.717, 1.165) is 17.0 Å². The highest BCUT2D eigenvalue weighted by Gasteiger charge is 2.32. The smallest absolute Gasteiger partial charge is 0.226 e. The van der Waals surface area contributed by atoms with Crippen molar-refractivity contribution in [1.82, 2.24) is 24.9 Å². The Balaban J connectivity index is 1.24. The first kappa shape index (κ1) is 23.4. The average Bonchev–Trinajstić information content (AvgIpc) is 3.22. The molecule has 4 heterocycles.